The van der Waals surface area contributed by atoms with Gasteiger partial charge in [-0.1, -0.05) is 49.4 Å². The molecule has 2 rings (SSSR count). The summed E-state index contributed by atoms with van der Waals surface area (Å²) in [6.07, 6.45) is 7.72. The second-order valence-corrected chi connectivity index (χ2v) is 6.32. The minimum absolute atomic E-state index is 0.315. The number of hydrogen-bond acceptors (Lipinski definition) is 2. The van der Waals surface area contributed by atoms with Crippen LogP contribution in [0.4, 0.5) is 0 Å². The van der Waals surface area contributed by atoms with Crippen LogP contribution in [0.25, 0.3) is 0 Å². The van der Waals surface area contributed by atoms with Gasteiger partial charge in [0.1, 0.15) is 0 Å². The van der Waals surface area contributed by atoms with Crippen LogP contribution in [0.15, 0.2) is 55.6 Å². The Hall–Kier alpha value is -1.38. The summed E-state index contributed by atoms with van der Waals surface area (Å²) in [6.45, 7) is 15.5. The summed E-state index contributed by atoms with van der Waals surface area (Å²) >= 11 is 0. The lowest BCUT2D eigenvalue weighted by atomic mass is 9.83. The molecule has 0 N–H and O–H groups in total. The first kappa shape index (κ1) is 17.0. The molecule has 0 spiro atoms. The smallest absolute Gasteiger partial charge is 0.0237 e. The van der Waals surface area contributed by atoms with Crippen molar-refractivity contribution in [3.05, 3.63) is 61.2 Å². The predicted octanol–water partition coefficient (Wildman–Crippen LogP) is 4.11. The molecule has 1 aliphatic heterocycles. The molecular weight excluding hydrogens is 268 g/mol. The average molecular weight is 298 g/mol. The molecule has 0 unspecified atom stereocenters. The van der Waals surface area contributed by atoms with Crippen molar-refractivity contribution in [3.63, 3.8) is 0 Å². The molecule has 1 aromatic carbocycles. The number of rotatable bonds is 8. The van der Waals surface area contributed by atoms with Crippen molar-refractivity contribution >= 4 is 0 Å². The van der Waals surface area contributed by atoms with Crippen molar-refractivity contribution < 1.29 is 0 Å². The van der Waals surface area contributed by atoms with Crippen molar-refractivity contribution in [1.29, 1.82) is 0 Å². The molecule has 1 saturated heterocycles. The molecule has 0 aliphatic carbocycles. The zero-order valence-electron chi connectivity index (χ0n) is 14.0. The average Bonchev–Trinajstić information content (AvgIpc) is 2.57. The van der Waals surface area contributed by atoms with Gasteiger partial charge < -0.3 is 0 Å². The van der Waals surface area contributed by atoms with E-state index in [-0.39, 0.29) is 0 Å². The topological polar surface area (TPSA) is 6.48 Å². The van der Waals surface area contributed by atoms with Crippen LogP contribution in [0.3, 0.4) is 0 Å². The first-order chi connectivity index (χ1) is 10.7. The second-order valence-electron chi connectivity index (χ2n) is 6.32. The summed E-state index contributed by atoms with van der Waals surface area (Å²) in [5.41, 5.74) is 1.73. The van der Waals surface area contributed by atoms with Crippen molar-refractivity contribution in [1.82, 2.24) is 9.80 Å². The summed E-state index contributed by atoms with van der Waals surface area (Å²) < 4.78 is 0. The van der Waals surface area contributed by atoms with E-state index in [4.69, 9.17) is 0 Å². The number of hydrogen-bond donors (Lipinski definition) is 0. The molecule has 2 nitrogen and oxygen atoms in total. The SMILES string of the molecule is C=CCN(CC=C)C1(CC)CCN(Cc2ccccc2)CC1. The Bertz CT molecular complexity index is 448. The molecule has 0 aromatic heterocycles. The van der Waals surface area contributed by atoms with Gasteiger partial charge in [-0.05, 0) is 24.8 Å². The highest BCUT2D eigenvalue weighted by atomic mass is 15.2. The highest BCUT2D eigenvalue weighted by Crippen LogP contribution is 2.32. The van der Waals surface area contributed by atoms with Gasteiger partial charge in [0.25, 0.3) is 0 Å². The molecule has 1 aromatic rings. The van der Waals surface area contributed by atoms with Crippen molar-refractivity contribution in [2.45, 2.75) is 38.3 Å². The van der Waals surface area contributed by atoms with Crippen LogP contribution in [0.5, 0.6) is 0 Å². The molecule has 0 radical (unpaired) electrons. The lowest BCUT2D eigenvalue weighted by Gasteiger charge is -2.48. The molecule has 1 heterocycles. The fourth-order valence-electron chi connectivity index (χ4n) is 3.64. The van der Waals surface area contributed by atoms with Gasteiger partial charge in [-0.2, -0.15) is 0 Å². The van der Waals surface area contributed by atoms with Crippen LogP contribution >= 0.6 is 0 Å². The summed E-state index contributed by atoms with van der Waals surface area (Å²) in [4.78, 5) is 5.15. The van der Waals surface area contributed by atoms with E-state index >= 15 is 0 Å². The molecule has 0 saturated carbocycles. The Labute approximate surface area is 136 Å². The lowest BCUT2D eigenvalue weighted by Crippen LogP contribution is -2.55. The molecule has 0 amide bonds. The van der Waals surface area contributed by atoms with E-state index in [1.54, 1.807) is 0 Å². The van der Waals surface area contributed by atoms with Crippen molar-refractivity contribution in [2.75, 3.05) is 26.2 Å². The van der Waals surface area contributed by atoms with E-state index < -0.39 is 0 Å². The van der Waals surface area contributed by atoms with Gasteiger partial charge in [0.15, 0.2) is 0 Å². The highest BCUT2D eigenvalue weighted by molar-refractivity contribution is 5.14. The van der Waals surface area contributed by atoms with E-state index in [9.17, 15) is 0 Å². The summed E-state index contributed by atoms with van der Waals surface area (Å²) in [6, 6.07) is 10.8. The third-order valence-electron chi connectivity index (χ3n) is 5.06. The molecular formula is C20H30N2. The van der Waals surface area contributed by atoms with Gasteiger partial charge in [0.2, 0.25) is 0 Å². The third kappa shape index (κ3) is 4.08. The van der Waals surface area contributed by atoms with E-state index in [1.807, 2.05) is 12.2 Å². The van der Waals surface area contributed by atoms with Crippen molar-refractivity contribution in [3.8, 4) is 0 Å². The molecule has 2 heteroatoms. The molecule has 120 valence electrons. The van der Waals surface area contributed by atoms with Crippen LogP contribution in [0.1, 0.15) is 31.7 Å². The van der Waals surface area contributed by atoms with Gasteiger partial charge >= 0.3 is 0 Å². The maximum atomic E-state index is 3.93. The first-order valence-corrected chi connectivity index (χ1v) is 8.47. The van der Waals surface area contributed by atoms with Gasteiger partial charge in [-0.15, -0.1) is 13.2 Å². The third-order valence-corrected chi connectivity index (χ3v) is 5.06. The standard InChI is InChI=1S/C20H30N2/c1-4-14-22(15-5-2)20(6-3)12-16-21(17-13-20)18-19-10-8-7-9-11-19/h4-5,7-11H,1-2,6,12-18H2,3H3. The van der Waals surface area contributed by atoms with Gasteiger partial charge in [-0.25, -0.2) is 0 Å². The highest BCUT2D eigenvalue weighted by Gasteiger charge is 2.37. The summed E-state index contributed by atoms with van der Waals surface area (Å²) in [7, 11) is 0. The number of nitrogens with zero attached hydrogens (tertiary/aromatic N) is 2. The Balaban J connectivity index is 1.97. The summed E-state index contributed by atoms with van der Waals surface area (Å²) in [5, 5.41) is 0. The van der Waals surface area contributed by atoms with Crippen LogP contribution < -0.4 is 0 Å². The van der Waals surface area contributed by atoms with Gasteiger partial charge in [0.05, 0.1) is 0 Å². The normalized spacial score (nSPS) is 18.3. The largest absolute Gasteiger partial charge is 0.299 e. The van der Waals surface area contributed by atoms with Crippen LogP contribution in [0, 0.1) is 0 Å². The zero-order valence-corrected chi connectivity index (χ0v) is 14.0. The van der Waals surface area contributed by atoms with Crippen LogP contribution in [-0.4, -0.2) is 41.5 Å². The number of piperidine rings is 1. The van der Waals surface area contributed by atoms with Gasteiger partial charge in [-0.3, -0.25) is 9.80 Å². The van der Waals surface area contributed by atoms with Crippen LogP contribution in [-0.2, 0) is 6.54 Å². The molecule has 22 heavy (non-hydrogen) atoms. The van der Waals surface area contributed by atoms with Crippen LogP contribution in [0.2, 0.25) is 0 Å². The van der Waals surface area contributed by atoms with Gasteiger partial charge in [0, 0.05) is 38.3 Å². The van der Waals surface area contributed by atoms with E-state index in [2.05, 4.69) is 60.2 Å². The Morgan fingerprint density at radius 1 is 1.09 bits per heavy atom. The monoisotopic (exact) mass is 298 g/mol. The maximum absolute atomic E-state index is 3.93. The Kier molecular flexibility index (Phi) is 6.41. The molecule has 1 aliphatic rings. The summed E-state index contributed by atoms with van der Waals surface area (Å²) in [5.74, 6) is 0. The minimum atomic E-state index is 0.315. The molecule has 0 bridgehead atoms. The fraction of sp³-hybridized carbons (Fsp3) is 0.500. The maximum Gasteiger partial charge on any atom is 0.0237 e. The van der Waals surface area contributed by atoms with E-state index in [1.165, 1.54) is 37.9 Å². The quantitative estimate of drug-likeness (QED) is 0.667. The van der Waals surface area contributed by atoms with Crippen molar-refractivity contribution in [2.24, 2.45) is 0 Å². The Morgan fingerprint density at radius 3 is 2.18 bits per heavy atom. The zero-order chi connectivity index (χ0) is 15.8. The predicted molar refractivity (Wildman–Crippen MR) is 95.9 cm³/mol. The number of benzene rings is 1. The first-order valence-electron chi connectivity index (χ1n) is 8.47. The Morgan fingerprint density at radius 2 is 1.68 bits per heavy atom. The lowest BCUT2D eigenvalue weighted by molar-refractivity contribution is 0.0305. The molecule has 1 fully saturated rings. The second kappa shape index (κ2) is 8.30. The number of likely N-dealkylation sites (tertiary alicyclic amines) is 1. The van der Waals surface area contributed by atoms with E-state index in [0.29, 0.717) is 5.54 Å². The minimum Gasteiger partial charge on any atom is -0.299 e. The van der Waals surface area contributed by atoms with E-state index in [0.717, 1.165) is 19.6 Å². The molecule has 0 atom stereocenters. The fourth-order valence-corrected chi connectivity index (χ4v) is 3.64.